The number of aromatic nitrogens is 3. The van der Waals surface area contributed by atoms with Crippen LogP contribution in [0.5, 0.6) is 0 Å². The Kier molecular flexibility index (Phi) is 4.89. The average Bonchev–Trinajstić information content (AvgIpc) is 3.18. The summed E-state index contributed by atoms with van der Waals surface area (Å²) in [4.78, 5) is 17.7. The molecule has 1 unspecified atom stereocenters. The van der Waals surface area contributed by atoms with Gasteiger partial charge in [-0.05, 0) is 19.4 Å². The zero-order chi connectivity index (χ0) is 19.5. The standard InChI is InChI=1S/C23H22N4O/c1-3-16(2)24-23(28)21-14-19(17-10-6-4-7-11-17)25-22-15-20(26-27(21)22)18-12-8-5-9-13-18/h4-16H,3H2,1-2H3,(H,24,28). The molecule has 5 nitrogen and oxygen atoms in total. The highest BCUT2D eigenvalue weighted by molar-refractivity contribution is 5.94. The molecular weight excluding hydrogens is 348 g/mol. The third kappa shape index (κ3) is 3.51. The van der Waals surface area contributed by atoms with Gasteiger partial charge in [-0.2, -0.15) is 5.10 Å². The van der Waals surface area contributed by atoms with Crippen molar-refractivity contribution in [2.75, 3.05) is 0 Å². The molecule has 0 bridgehead atoms. The molecule has 0 radical (unpaired) electrons. The van der Waals surface area contributed by atoms with Crippen LogP contribution in [0, 0.1) is 0 Å². The first-order chi connectivity index (χ1) is 13.7. The van der Waals surface area contributed by atoms with Crippen LogP contribution in [0.2, 0.25) is 0 Å². The summed E-state index contributed by atoms with van der Waals surface area (Å²) >= 11 is 0. The van der Waals surface area contributed by atoms with Crippen molar-refractivity contribution in [3.63, 3.8) is 0 Å². The summed E-state index contributed by atoms with van der Waals surface area (Å²) in [5.74, 6) is -0.151. The molecule has 2 aromatic carbocycles. The van der Waals surface area contributed by atoms with Crippen LogP contribution in [-0.2, 0) is 0 Å². The number of rotatable bonds is 5. The molecule has 0 saturated carbocycles. The van der Waals surface area contributed by atoms with Crippen molar-refractivity contribution in [1.82, 2.24) is 19.9 Å². The van der Waals surface area contributed by atoms with Gasteiger partial charge in [-0.1, -0.05) is 67.6 Å². The number of amides is 1. The van der Waals surface area contributed by atoms with Crippen molar-refractivity contribution in [2.45, 2.75) is 26.3 Å². The first kappa shape index (κ1) is 17.9. The minimum Gasteiger partial charge on any atom is -0.348 e. The first-order valence-electron chi connectivity index (χ1n) is 9.48. The van der Waals surface area contributed by atoms with E-state index in [0.717, 1.165) is 28.9 Å². The fourth-order valence-electron chi connectivity index (χ4n) is 3.04. The van der Waals surface area contributed by atoms with E-state index in [4.69, 9.17) is 4.98 Å². The Morgan fingerprint density at radius 2 is 1.57 bits per heavy atom. The summed E-state index contributed by atoms with van der Waals surface area (Å²) < 4.78 is 1.63. The Morgan fingerprint density at radius 3 is 2.18 bits per heavy atom. The van der Waals surface area contributed by atoms with Crippen molar-refractivity contribution in [3.05, 3.63) is 78.5 Å². The lowest BCUT2D eigenvalue weighted by Crippen LogP contribution is -2.33. The van der Waals surface area contributed by atoms with Crippen molar-refractivity contribution in [3.8, 4) is 22.5 Å². The van der Waals surface area contributed by atoms with Crippen molar-refractivity contribution >= 4 is 11.6 Å². The number of nitrogens with one attached hydrogen (secondary N) is 1. The zero-order valence-electron chi connectivity index (χ0n) is 16.0. The van der Waals surface area contributed by atoms with E-state index in [0.29, 0.717) is 11.3 Å². The van der Waals surface area contributed by atoms with Crippen LogP contribution in [0.25, 0.3) is 28.2 Å². The third-order valence-electron chi connectivity index (χ3n) is 4.79. The Bertz CT molecular complexity index is 1100. The van der Waals surface area contributed by atoms with Gasteiger partial charge in [0.1, 0.15) is 5.69 Å². The predicted octanol–water partition coefficient (Wildman–Crippen LogP) is 4.59. The predicted molar refractivity (Wildman–Crippen MR) is 111 cm³/mol. The van der Waals surface area contributed by atoms with Crippen molar-refractivity contribution in [1.29, 1.82) is 0 Å². The molecule has 1 atom stereocenters. The molecule has 0 saturated heterocycles. The largest absolute Gasteiger partial charge is 0.348 e. The molecule has 4 aromatic rings. The second-order valence-electron chi connectivity index (χ2n) is 6.84. The molecule has 1 amide bonds. The fraction of sp³-hybridized carbons (Fsp3) is 0.174. The summed E-state index contributed by atoms with van der Waals surface area (Å²) in [6.07, 6.45) is 0.861. The number of hydrogen-bond donors (Lipinski definition) is 1. The van der Waals surface area contributed by atoms with Crippen molar-refractivity contribution < 1.29 is 4.79 Å². The highest BCUT2D eigenvalue weighted by Crippen LogP contribution is 2.24. The summed E-state index contributed by atoms with van der Waals surface area (Å²) in [6, 6.07) is 23.6. The van der Waals surface area contributed by atoms with Crippen LogP contribution in [0.4, 0.5) is 0 Å². The molecule has 0 fully saturated rings. The second-order valence-corrected chi connectivity index (χ2v) is 6.84. The van der Waals surface area contributed by atoms with E-state index in [9.17, 15) is 4.79 Å². The van der Waals surface area contributed by atoms with E-state index in [2.05, 4.69) is 10.4 Å². The molecule has 0 aliphatic heterocycles. The maximum Gasteiger partial charge on any atom is 0.270 e. The van der Waals surface area contributed by atoms with Gasteiger partial charge in [0, 0.05) is 23.2 Å². The molecule has 0 aliphatic rings. The van der Waals surface area contributed by atoms with Gasteiger partial charge in [-0.3, -0.25) is 4.79 Å². The van der Waals surface area contributed by atoms with Crippen LogP contribution in [0.15, 0.2) is 72.8 Å². The SMILES string of the molecule is CCC(C)NC(=O)c1cc(-c2ccccc2)nc2cc(-c3ccccc3)nn12. The summed E-state index contributed by atoms with van der Waals surface area (Å²) in [6.45, 7) is 4.04. The minimum absolute atomic E-state index is 0.0834. The van der Waals surface area contributed by atoms with Gasteiger partial charge in [0.15, 0.2) is 5.65 Å². The minimum atomic E-state index is -0.151. The molecule has 2 heterocycles. The van der Waals surface area contributed by atoms with Crippen LogP contribution in [0.1, 0.15) is 30.8 Å². The third-order valence-corrected chi connectivity index (χ3v) is 4.79. The normalized spacial score (nSPS) is 12.1. The number of hydrogen-bond acceptors (Lipinski definition) is 3. The Morgan fingerprint density at radius 1 is 0.964 bits per heavy atom. The smallest absolute Gasteiger partial charge is 0.270 e. The maximum atomic E-state index is 13.0. The first-order valence-corrected chi connectivity index (χ1v) is 9.48. The van der Waals surface area contributed by atoms with Gasteiger partial charge < -0.3 is 5.32 Å². The van der Waals surface area contributed by atoms with E-state index < -0.39 is 0 Å². The number of nitrogens with zero attached hydrogens (tertiary/aromatic N) is 3. The van der Waals surface area contributed by atoms with Gasteiger partial charge >= 0.3 is 0 Å². The van der Waals surface area contributed by atoms with Crippen LogP contribution in [-0.4, -0.2) is 26.5 Å². The summed E-state index contributed by atoms with van der Waals surface area (Å²) in [7, 11) is 0. The van der Waals surface area contributed by atoms with E-state index >= 15 is 0 Å². The molecule has 0 spiro atoms. The second kappa shape index (κ2) is 7.64. The topological polar surface area (TPSA) is 59.3 Å². The van der Waals surface area contributed by atoms with Gasteiger partial charge in [-0.25, -0.2) is 9.50 Å². The molecule has 2 aromatic heterocycles. The molecule has 1 N–H and O–H groups in total. The quantitative estimate of drug-likeness (QED) is 0.559. The molecule has 140 valence electrons. The monoisotopic (exact) mass is 370 g/mol. The van der Waals surface area contributed by atoms with E-state index in [1.165, 1.54) is 0 Å². The molecular formula is C23H22N4O. The Hall–Kier alpha value is -3.47. The lowest BCUT2D eigenvalue weighted by molar-refractivity contribution is 0.0931. The molecule has 28 heavy (non-hydrogen) atoms. The highest BCUT2D eigenvalue weighted by atomic mass is 16.2. The summed E-state index contributed by atoms with van der Waals surface area (Å²) in [5.41, 5.74) is 4.62. The lowest BCUT2D eigenvalue weighted by atomic mass is 10.1. The number of fused-ring (bicyclic) bond motifs is 1. The van der Waals surface area contributed by atoms with Crippen LogP contribution >= 0.6 is 0 Å². The van der Waals surface area contributed by atoms with Gasteiger partial charge in [0.05, 0.1) is 11.4 Å². The number of benzene rings is 2. The van der Waals surface area contributed by atoms with E-state index in [1.54, 1.807) is 4.52 Å². The molecule has 0 aliphatic carbocycles. The molecule has 5 heteroatoms. The van der Waals surface area contributed by atoms with Gasteiger partial charge in [0.2, 0.25) is 0 Å². The summed E-state index contributed by atoms with van der Waals surface area (Å²) in [5, 5.41) is 7.70. The fourth-order valence-corrected chi connectivity index (χ4v) is 3.04. The Labute approximate surface area is 164 Å². The number of carbonyl (C=O) groups is 1. The number of carbonyl (C=O) groups excluding carboxylic acids is 1. The van der Waals surface area contributed by atoms with Gasteiger partial charge in [-0.15, -0.1) is 0 Å². The van der Waals surface area contributed by atoms with Crippen molar-refractivity contribution in [2.24, 2.45) is 0 Å². The lowest BCUT2D eigenvalue weighted by Gasteiger charge is -2.13. The van der Waals surface area contributed by atoms with Gasteiger partial charge in [0.25, 0.3) is 5.91 Å². The average molecular weight is 370 g/mol. The molecule has 4 rings (SSSR count). The van der Waals surface area contributed by atoms with Crippen LogP contribution < -0.4 is 5.32 Å². The zero-order valence-corrected chi connectivity index (χ0v) is 16.0. The van der Waals surface area contributed by atoms with E-state index in [-0.39, 0.29) is 11.9 Å². The highest BCUT2D eigenvalue weighted by Gasteiger charge is 2.18. The van der Waals surface area contributed by atoms with E-state index in [1.807, 2.05) is 86.6 Å². The Balaban J connectivity index is 1.88. The van der Waals surface area contributed by atoms with Crippen LogP contribution in [0.3, 0.4) is 0 Å². The maximum absolute atomic E-state index is 13.0.